The van der Waals surface area contributed by atoms with E-state index >= 15 is 0 Å². The number of carbonyl (C=O) groups is 5. The second-order valence-electron chi connectivity index (χ2n) is 8.56. The van der Waals surface area contributed by atoms with Crippen LogP contribution in [0.2, 0.25) is 0 Å². The van der Waals surface area contributed by atoms with E-state index in [2.05, 4.69) is 16.0 Å². The average molecular weight is 473 g/mol. The van der Waals surface area contributed by atoms with E-state index in [1.807, 2.05) is 6.92 Å². The zero-order valence-electron chi connectivity index (χ0n) is 19.9. The maximum Gasteiger partial charge on any atom is 0.326 e. The highest BCUT2D eigenvalue weighted by molar-refractivity contribution is 5.95. The van der Waals surface area contributed by atoms with Crippen LogP contribution in [-0.2, 0) is 24.0 Å². The fraction of sp³-hybridized carbons (Fsp3) is 0.762. The predicted octanol–water partition coefficient (Wildman–Crippen LogP) is -1.44. The van der Waals surface area contributed by atoms with Gasteiger partial charge in [0.05, 0.1) is 12.5 Å². The molecule has 0 saturated heterocycles. The Bertz CT molecular complexity index is 686. The number of nitrogens with one attached hydrogen (secondary N) is 3. The summed E-state index contributed by atoms with van der Waals surface area (Å²) < 4.78 is 0. The topological polar surface area (TPSA) is 220 Å². The standard InChI is InChI=1S/C21H40N6O6/c1-5-12(4)17(27-18(29)13(23)10-15(24)28)20(31)25-14(8-6-7-9-22)19(30)26-16(11(2)3)21(32)33/h11-14,16-17H,5-10,22-23H2,1-4H3,(H2,24,28)(H,25,31)(H,26,30)(H,27,29)(H,32,33). The summed E-state index contributed by atoms with van der Waals surface area (Å²) in [6.07, 6.45) is 1.53. The lowest BCUT2D eigenvalue weighted by Crippen LogP contribution is -2.59. The maximum absolute atomic E-state index is 13.0. The number of rotatable bonds is 16. The van der Waals surface area contributed by atoms with Gasteiger partial charge in [0, 0.05) is 0 Å². The number of aliphatic carboxylic acids is 1. The van der Waals surface area contributed by atoms with Gasteiger partial charge in [-0.3, -0.25) is 19.2 Å². The first-order chi connectivity index (χ1) is 15.3. The molecule has 0 spiro atoms. The van der Waals surface area contributed by atoms with E-state index < -0.39 is 53.8 Å². The summed E-state index contributed by atoms with van der Waals surface area (Å²) >= 11 is 0. The van der Waals surface area contributed by atoms with Crippen LogP contribution in [0.4, 0.5) is 0 Å². The van der Waals surface area contributed by atoms with E-state index in [1.54, 1.807) is 20.8 Å². The van der Waals surface area contributed by atoms with Gasteiger partial charge in [0.2, 0.25) is 23.6 Å². The lowest BCUT2D eigenvalue weighted by Gasteiger charge is -2.28. The summed E-state index contributed by atoms with van der Waals surface area (Å²) in [6.45, 7) is 7.28. The van der Waals surface area contributed by atoms with Crippen LogP contribution < -0.4 is 33.2 Å². The van der Waals surface area contributed by atoms with Crippen LogP contribution in [0.15, 0.2) is 0 Å². The molecule has 12 heteroatoms. The van der Waals surface area contributed by atoms with Crippen LogP contribution in [0.3, 0.4) is 0 Å². The monoisotopic (exact) mass is 472 g/mol. The zero-order chi connectivity index (χ0) is 25.7. The third kappa shape index (κ3) is 11.1. The van der Waals surface area contributed by atoms with Crippen LogP contribution in [0.25, 0.3) is 0 Å². The van der Waals surface area contributed by atoms with Gasteiger partial charge in [-0.15, -0.1) is 0 Å². The van der Waals surface area contributed by atoms with E-state index in [1.165, 1.54) is 0 Å². The first-order valence-corrected chi connectivity index (χ1v) is 11.2. The molecule has 0 aromatic heterocycles. The molecule has 0 aliphatic heterocycles. The highest BCUT2D eigenvalue weighted by atomic mass is 16.4. The van der Waals surface area contributed by atoms with Crippen molar-refractivity contribution in [2.24, 2.45) is 29.0 Å². The van der Waals surface area contributed by atoms with Gasteiger partial charge >= 0.3 is 5.97 Å². The number of unbranched alkanes of at least 4 members (excludes halogenated alkanes) is 1. The van der Waals surface area contributed by atoms with Gasteiger partial charge in [-0.05, 0) is 37.6 Å². The molecule has 0 aliphatic carbocycles. The van der Waals surface area contributed by atoms with Crippen molar-refractivity contribution in [2.45, 2.75) is 84.0 Å². The van der Waals surface area contributed by atoms with Gasteiger partial charge in [0.25, 0.3) is 0 Å². The SMILES string of the molecule is CCC(C)C(NC(=O)C(N)CC(N)=O)C(=O)NC(CCCCN)C(=O)NC(C(=O)O)C(C)C. The Morgan fingerprint density at radius 3 is 1.91 bits per heavy atom. The van der Waals surface area contributed by atoms with Gasteiger partial charge in [-0.1, -0.05) is 34.1 Å². The molecular weight excluding hydrogens is 432 g/mol. The summed E-state index contributed by atoms with van der Waals surface area (Å²) in [5.74, 6) is -4.59. The molecule has 190 valence electrons. The molecule has 0 aromatic rings. The van der Waals surface area contributed by atoms with Crippen molar-refractivity contribution in [1.29, 1.82) is 0 Å². The number of nitrogens with two attached hydrogens (primary N) is 3. The molecule has 0 aliphatic rings. The number of amides is 4. The highest BCUT2D eigenvalue weighted by Gasteiger charge is 2.33. The minimum atomic E-state index is -1.21. The number of hydrogen-bond donors (Lipinski definition) is 7. The number of carboxylic acids is 1. The van der Waals surface area contributed by atoms with Gasteiger partial charge in [0.1, 0.15) is 18.1 Å². The normalized spacial score (nSPS) is 15.6. The third-order valence-electron chi connectivity index (χ3n) is 5.36. The van der Waals surface area contributed by atoms with Gasteiger partial charge in [-0.25, -0.2) is 4.79 Å². The number of primary amides is 1. The van der Waals surface area contributed by atoms with Gasteiger partial charge < -0.3 is 38.3 Å². The zero-order valence-corrected chi connectivity index (χ0v) is 19.9. The lowest BCUT2D eigenvalue weighted by atomic mass is 9.96. The van der Waals surface area contributed by atoms with E-state index in [0.717, 1.165) is 0 Å². The van der Waals surface area contributed by atoms with E-state index in [9.17, 15) is 29.1 Å². The minimum Gasteiger partial charge on any atom is -0.480 e. The molecule has 12 nitrogen and oxygen atoms in total. The Labute approximate surface area is 194 Å². The summed E-state index contributed by atoms with van der Waals surface area (Å²) in [5, 5.41) is 17.0. The van der Waals surface area contributed by atoms with Crippen molar-refractivity contribution in [3.63, 3.8) is 0 Å². The Balaban J connectivity index is 5.56. The molecule has 0 bridgehead atoms. The van der Waals surface area contributed by atoms with Crippen molar-refractivity contribution >= 4 is 29.6 Å². The fourth-order valence-corrected chi connectivity index (χ4v) is 3.06. The molecule has 10 N–H and O–H groups in total. The molecule has 0 fully saturated rings. The minimum absolute atomic E-state index is 0.238. The van der Waals surface area contributed by atoms with Crippen LogP contribution in [-0.4, -0.2) is 65.4 Å². The predicted molar refractivity (Wildman–Crippen MR) is 122 cm³/mol. The van der Waals surface area contributed by atoms with Crippen LogP contribution >= 0.6 is 0 Å². The third-order valence-corrected chi connectivity index (χ3v) is 5.36. The first-order valence-electron chi connectivity index (χ1n) is 11.2. The van der Waals surface area contributed by atoms with Crippen molar-refractivity contribution < 1.29 is 29.1 Å². The Morgan fingerprint density at radius 2 is 1.45 bits per heavy atom. The average Bonchev–Trinajstić information content (AvgIpc) is 2.72. The second kappa shape index (κ2) is 15.2. The molecule has 0 rings (SSSR count). The van der Waals surface area contributed by atoms with Crippen LogP contribution in [0, 0.1) is 11.8 Å². The smallest absolute Gasteiger partial charge is 0.326 e. The van der Waals surface area contributed by atoms with Crippen molar-refractivity contribution in [3.8, 4) is 0 Å². The van der Waals surface area contributed by atoms with Gasteiger partial charge in [0.15, 0.2) is 0 Å². The van der Waals surface area contributed by atoms with E-state index in [0.29, 0.717) is 25.8 Å². The summed E-state index contributed by atoms with van der Waals surface area (Å²) in [7, 11) is 0. The summed E-state index contributed by atoms with van der Waals surface area (Å²) in [4.78, 5) is 60.7. The van der Waals surface area contributed by atoms with Crippen molar-refractivity contribution in [3.05, 3.63) is 0 Å². The molecule has 0 radical (unpaired) electrons. The molecule has 5 atom stereocenters. The largest absolute Gasteiger partial charge is 0.480 e. The quantitative estimate of drug-likeness (QED) is 0.131. The fourth-order valence-electron chi connectivity index (χ4n) is 3.06. The molecule has 4 amide bonds. The summed E-state index contributed by atoms with van der Waals surface area (Å²) in [5.41, 5.74) is 16.3. The number of carbonyl (C=O) groups excluding carboxylic acids is 4. The number of carboxylic acid groups (broad SMARTS) is 1. The maximum atomic E-state index is 13.0. The summed E-state index contributed by atoms with van der Waals surface area (Å²) in [6, 6.07) is -4.38. The number of hydrogen-bond acceptors (Lipinski definition) is 7. The molecule has 0 saturated carbocycles. The molecular formula is C21H40N6O6. The molecule has 0 aromatic carbocycles. The van der Waals surface area contributed by atoms with Crippen LogP contribution in [0.1, 0.15) is 59.8 Å². The van der Waals surface area contributed by atoms with Crippen molar-refractivity contribution in [1.82, 2.24) is 16.0 Å². The van der Waals surface area contributed by atoms with E-state index in [-0.39, 0.29) is 24.7 Å². The lowest BCUT2D eigenvalue weighted by molar-refractivity contribution is -0.143. The van der Waals surface area contributed by atoms with Gasteiger partial charge in [-0.2, -0.15) is 0 Å². The van der Waals surface area contributed by atoms with E-state index in [4.69, 9.17) is 17.2 Å². The van der Waals surface area contributed by atoms with Crippen molar-refractivity contribution in [2.75, 3.05) is 6.54 Å². The molecule has 33 heavy (non-hydrogen) atoms. The Morgan fingerprint density at radius 1 is 0.879 bits per heavy atom. The van der Waals surface area contributed by atoms with Crippen LogP contribution in [0.5, 0.6) is 0 Å². The first kappa shape index (κ1) is 30.3. The highest BCUT2D eigenvalue weighted by Crippen LogP contribution is 2.11. The molecule has 0 heterocycles. The Hall–Kier alpha value is -2.73. The Kier molecular flexibility index (Phi) is 13.9. The molecule has 5 unspecified atom stereocenters. The second-order valence-corrected chi connectivity index (χ2v) is 8.56.